The molecule has 102 valence electrons. The number of carbonyl (C=O) groups is 1. The molecule has 1 heterocycles. The molecule has 18 heavy (non-hydrogen) atoms. The summed E-state index contributed by atoms with van der Waals surface area (Å²) in [5.74, 6) is -1.25. The van der Waals surface area contributed by atoms with Crippen molar-refractivity contribution in [3.8, 4) is 0 Å². The van der Waals surface area contributed by atoms with E-state index in [0.29, 0.717) is 14.8 Å². The van der Waals surface area contributed by atoms with Gasteiger partial charge in [0.15, 0.2) is 0 Å². The lowest BCUT2D eigenvalue weighted by molar-refractivity contribution is -0.186. The Morgan fingerprint density at radius 2 is 2.17 bits per heavy atom. The van der Waals surface area contributed by atoms with Crippen LogP contribution in [-0.2, 0) is 11.3 Å². The fourth-order valence-corrected chi connectivity index (χ4v) is 2.37. The second-order valence-electron chi connectivity index (χ2n) is 3.63. The summed E-state index contributed by atoms with van der Waals surface area (Å²) in [6, 6.07) is -0.355. The van der Waals surface area contributed by atoms with Crippen LogP contribution in [0.4, 0.5) is 13.2 Å². The second kappa shape index (κ2) is 6.12. The highest BCUT2D eigenvalue weighted by atomic mass is 35.5. The molecule has 0 spiro atoms. The second-order valence-corrected chi connectivity index (χ2v) is 5.44. The van der Waals surface area contributed by atoms with Crippen LogP contribution < -0.4 is 0 Å². The molecule has 0 radical (unpaired) electrons. The monoisotopic (exact) mass is 319 g/mol. The van der Waals surface area contributed by atoms with E-state index >= 15 is 0 Å². The van der Waals surface area contributed by atoms with Gasteiger partial charge in [0.05, 0.1) is 4.34 Å². The van der Waals surface area contributed by atoms with Gasteiger partial charge in [0.1, 0.15) is 11.9 Å². The number of thiophene rings is 1. The molecule has 8 heteroatoms. The van der Waals surface area contributed by atoms with E-state index < -0.39 is 24.0 Å². The Hall–Kier alpha value is -0.460. The van der Waals surface area contributed by atoms with Crippen molar-refractivity contribution in [1.82, 2.24) is 4.90 Å². The van der Waals surface area contributed by atoms with E-state index in [2.05, 4.69) is 0 Å². The highest BCUT2D eigenvalue weighted by Gasteiger charge is 2.41. The fraction of sp³-hybridized carbons (Fsp3) is 0.500. The van der Waals surface area contributed by atoms with Crippen molar-refractivity contribution in [2.24, 2.45) is 0 Å². The zero-order valence-electron chi connectivity index (χ0n) is 9.30. The molecule has 0 aliphatic carbocycles. The minimum atomic E-state index is -4.48. The Kier molecular flexibility index (Phi) is 5.31. The first kappa shape index (κ1) is 15.6. The van der Waals surface area contributed by atoms with Gasteiger partial charge in [-0.15, -0.1) is 22.9 Å². The van der Waals surface area contributed by atoms with E-state index in [0.717, 1.165) is 6.92 Å². The van der Waals surface area contributed by atoms with Crippen LogP contribution in [0.25, 0.3) is 0 Å². The number of hydrogen-bond acceptors (Lipinski definition) is 2. The molecule has 1 aromatic rings. The largest absolute Gasteiger partial charge is 0.408 e. The minimum absolute atomic E-state index is 0.157. The smallest absolute Gasteiger partial charge is 0.325 e. The lowest BCUT2D eigenvalue weighted by Gasteiger charge is -2.30. The first-order valence-corrected chi connectivity index (χ1v) is 6.70. The molecule has 0 aromatic carbocycles. The summed E-state index contributed by atoms with van der Waals surface area (Å²) in [7, 11) is 0. The molecule has 0 saturated carbocycles. The third-order valence-corrected chi connectivity index (χ3v) is 3.72. The Morgan fingerprint density at radius 1 is 1.56 bits per heavy atom. The molecule has 1 atom stereocenters. The molecule has 0 aliphatic heterocycles. The van der Waals surface area contributed by atoms with Crippen molar-refractivity contribution in [3.05, 3.63) is 21.3 Å². The van der Waals surface area contributed by atoms with E-state index in [9.17, 15) is 18.0 Å². The van der Waals surface area contributed by atoms with E-state index in [4.69, 9.17) is 23.2 Å². The molecule has 0 fully saturated rings. The maximum atomic E-state index is 12.6. The Bertz CT molecular complexity index is 422. The van der Waals surface area contributed by atoms with Crippen LogP contribution >= 0.6 is 34.5 Å². The van der Waals surface area contributed by atoms with Crippen molar-refractivity contribution in [3.63, 3.8) is 0 Å². The molecular formula is C10H10Cl2F3NOS. The third-order valence-electron chi connectivity index (χ3n) is 2.35. The Balaban J connectivity index is 2.89. The molecule has 1 aromatic heterocycles. The highest BCUT2D eigenvalue weighted by molar-refractivity contribution is 7.14. The summed E-state index contributed by atoms with van der Waals surface area (Å²) in [5.41, 5.74) is 0.555. The first-order chi connectivity index (χ1) is 8.25. The Morgan fingerprint density at radius 3 is 2.56 bits per heavy atom. The molecule has 1 amide bonds. The normalized spacial score (nSPS) is 13.4. The summed E-state index contributed by atoms with van der Waals surface area (Å²) in [6.45, 7) is 0.772. The van der Waals surface area contributed by atoms with Gasteiger partial charge in [0.25, 0.3) is 0 Å². The number of alkyl halides is 4. The van der Waals surface area contributed by atoms with Crippen LogP contribution in [0, 0.1) is 0 Å². The van der Waals surface area contributed by atoms with Crippen molar-refractivity contribution in [2.75, 3.05) is 5.88 Å². The average molecular weight is 320 g/mol. The van der Waals surface area contributed by atoms with Crippen LogP contribution in [0.15, 0.2) is 11.4 Å². The van der Waals surface area contributed by atoms with Crippen molar-refractivity contribution in [2.45, 2.75) is 25.7 Å². The molecule has 0 saturated heterocycles. The molecule has 0 unspecified atom stereocenters. The molecule has 0 bridgehead atoms. The average Bonchev–Trinajstić information content (AvgIpc) is 2.68. The summed E-state index contributed by atoms with van der Waals surface area (Å²) >= 11 is 12.2. The maximum Gasteiger partial charge on any atom is 0.408 e. The number of amides is 1. The topological polar surface area (TPSA) is 20.3 Å². The van der Waals surface area contributed by atoms with Crippen LogP contribution in [0.1, 0.15) is 12.5 Å². The van der Waals surface area contributed by atoms with Crippen LogP contribution in [0.5, 0.6) is 0 Å². The lowest BCUT2D eigenvalue weighted by Crippen LogP contribution is -2.47. The summed E-state index contributed by atoms with van der Waals surface area (Å²) < 4.78 is 38.4. The van der Waals surface area contributed by atoms with Crippen molar-refractivity contribution >= 4 is 40.4 Å². The SMILES string of the molecule is C[C@H](N(Cc1csc(Cl)c1)C(=O)CCl)C(F)(F)F. The fourth-order valence-electron chi connectivity index (χ4n) is 1.32. The lowest BCUT2D eigenvalue weighted by atomic mass is 10.2. The number of hydrogen-bond donors (Lipinski definition) is 0. The molecule has 0 aliphatic rings. The van der Waals surface area contributed by atoms with Crippen LogP contribution in [-0.4, -0.2) is 28.9 Å². The zero-order valence-corrected chi connectivity index (χ0v) is 11.6. The number of rotatable bonds is 4. The quantitative estimate of drug-likeness (QED) is 0.770. The minimum Gasteiger partial charge on any atom is -0.325 e. The molecular weight excluding hydrogens is 310 g/mol. The van der Waals surface area contributed by atoms with Gasteiger partial charge in [0, 0.05) is 6.54 Å². The van der Waals surface area contributed by atoms with E-state index in [1.165, 1.54) is 17.4 Å². The van der Waals surface area contributed by atoms with Crippen LogP contribution in [0.2, 0.25) is 4.34 Å². The predicted octanol–water partition coefficient (Wildman–Crippen LogP) is 3.92. The van der Waals surface area contributed by atoms with E-state index in [1.54, 1.807) is 5.38 Å². The standard InChI is InChI=1S/C10H10Cl2F3NOS/c1-6(10(13,14)15)16(9(17)3-11)4-7-2-8(12)18-5-7/h2,5-6H,3-4H2,1H3/t6-/m0/s1. The molecule has 1 rings (SSSR count). The zero-order chi connectivity index (χ0) is 13.9. The van der Waals surface area contributed by atoms with E-state index in [1.807, 2.05) is 0 Å². The van der Waals surface area contributed by atoms with Gasteiger partial charge >= 0.3 is 6.18 Å². The Labute approximate surface area is 116 Å². The van der Waals surface area contributed by atoms with Gasteiger partial charge in [-0.25, -0.2) is 0 Å². The first-order valence-electron chi connectivity index (χ1n) is 4.90. The maximum absolute atomic E-state index is 12.6. The molecule has 2 nitrogen and oxygen atoms in total. The van der Waals surface area contributed by atoms with Crippen molar-refractivity contribution < 1.29 is 18.0 Å². The predicted molar refractivity (Wildman–Crippen MR) is 66.1 cm³/mol. The highest BCUT2D eigenvalue weighted by Crippen LogP contribution is 2.28. The van der Waals surface area contributed by atoms with Gasteiger partial charge in [0.2, 0.25) is 5.91 Å². The van der Waals surface area contributed by atoms with Gasteiger partial charge in [-0.3, -0.25) is 4.79 Å². The van der Waals surface area contributed by atoms with Gasteiger partial charge in [-0.1, -0.05) is 11.6 Å². The number of halogens is 5. The summed E-state index contributed by atoms with van der Waals surface area (Å²) in [6.07, 6.45) is -4.48. The number of nitrogens with zero attached hydrogens (tertiary/aromatic N) is 1. The van der Waals surface area contributed by atoms with Gasteiger partial charge in [-0.05, 0) is 23.9 Å². The summed E-state index contributed by atoms with van der Waals surface area (Å²) in [5, 5.41) is 1.61. The van der Waals surface area contributed by atoms with Gasteiger partial charge in [-0.2, -0.15) is 13.2 Å². The van der Waals surface area contributed by atoms with Crippen molar-refractivity contribution in [1.29, 1.82) is 0 Å². The number of carbonyl (C=O) groups excluding carboxylic acids is 1. The third kappa shape index (κ3) is 4.03. The molecule has 0 N–H and O–H groups in total. The summed E-state index contributed by atoms with van der Waals surface area (Å²) in [4.78, 5) is 12.2. The van der Waals surface area contributed by atoms with Gasteiger partial charge < -0.3 is 4.90 Å². The van der Waals surface area contributed by atoms with Crippen LogP contribution in [0.3, 0.4) is 0 Å². The van der Waals surface area contributed by atoms with E-state index in [-0.39, 0.29) is 6.54 Å².